The van der Waals surface area contributed by atoms with E-state index in [4.69, 9.17) is 0 Å². The summed E-state index contributed by atoms with van der Waals surface area (Å²) in [5.74, 6) is 0. The molecule has 0 bridgehead atoms. The molecule has 0 aliphatic heterocycles. The molecule has 2 amide bonds. The first-order valence-corrected chi connectivity index (χ1v) is 6.14. The van der Waals surface area contributed by atoms with E-state index < -0.39 is 0 Å². The molecule has 0 radical (unpaired) electrons. The Bertz CT molecular complexity index is 376. The van der Waals surface area contributed by atoms with Crippen molar-refractivity contribution in [2.24, 2.45) is 0 Å². The summed E-state index contributed by atoms with van der Waals surface area (Å²) in [7, 11) is 0. The molecule has 0 saturated carbocycles. The van der Waals surface area contributed by atoms with Gasteiger partial charge in [-0.05, 0) is 25.0 Å². The van der Waals surface area contributed by atoms with Gasteiger partial charge in [0.15, 0.2) is 0 Å². The van der Waals surface area contributed by atoms with Gasteiger partial charge in [-0.3, -0.25) is 0 Å². The molecule has 0 heterocycles. The highest BCUT2D eigenvalue weighted by Crippen LogP contribution is 2.08. The number of amides is 2. The lowest BCUT2D eigenvalue weighted by molar-refractivity contribution is 0.245. The van der Waals surface area contributed by atoms with E-state index in [1.54, 1.807) is 18.2 Å². The van der Waals surface area contributed by atoms with Gasteiger partial charge in [-0.25, -0.2) is 4.79 Å². The van der Waals surface area contributed by atoms with Crippen LogP contribution in [0.5, 0.6) is 0 Å². The summed E-state index contributed by atoms with van der Waals surface area (Å²) in [6, 6.07) is -0.264. The fraction of sp³-hybridized carbons (Fsp3) is 0.267. The molecule has 0 aromatic rings. The van der Waals surface area contributed by atoms with Crippen LogP contribution in [0.2, 0.25) is 0 Å². The van der Waals surface area contributed by atoms with Gasteiger partial charge < -0.3 is 10.6 Å². The van der Waals surface area contributed by atoms with Crippen molar-refractivity contribution in [1.29, 1.82) is 0 Å². The Morgan fingerprint density at radius 2 is 2.17 bits per heavy atom. The first-order valence-electron chi connectivity index (χ1n) is 6.14. The zero-order valence-corrected chi connectivity index (χ0v) is 11.2. The van der Waals surface area contributed by atoms with E-state index in [1.165, 1.54) is 0 Å². The first kappa shape index (κ1) is 16.0. The quantitative estimate of drug-likeness (QED) is 0.728. The van der Waals surface area contributed by atoms with E-state index >= 15 is 0 Å². The predicted octanol–water partition coefficient (Wildman–Crippen LogP) is 3.80. The van der Waals surface area contributed by atoms with Crippen molar-refractivity contribution in [2.45, 2.75) is 26.7 Å². The highest BCUT2D eigenvalue weighted by Gasteiger charge is 2.04. The van der Waals surface area contributed by atoms with Crippen LogP contribution in [0.25, 0.3) is 0 Å². The maximum absolute atomic E-state index is 11.5. The number of rotatable bonds is 4. The summed E-state index contributed by atoms with van der Waals surface area (Å²) in [5.41, 5.74) is 1.45. The molecule has 3 nitrogen and oxygen atoms in total. The van der Waals surface area contributed by atoms with Crippen molar-refractivity contribution < 1.29 is 4.79 Å². The van der Waals surface area contributed by atoms with Crippen LogP contribution in [0.1, 0.15) is 26.7 Å². The van der Waals surface area contributed by atoms with Gasteiger partial charge in [0.05, 0.1) is 0 Å². The topological polar surface area (TPSA) is 41.1 Å². The third kappa shape index (κ3) is 7.28. The van der Waals surface area contributed by atoms with Crippen LogP contribution in [-0.2, 0) is 0 Å². The SMILES string of the molecule is C=C/C=C\C(=C)NC(=O)NC1=CC=CCC1.CC. The molecule has 0 fully saturated rings. The summed E-state index contributed by atoms with van der Waals surface area (Å²) in [4.78, 5) is 11.5. The number of carbonyl (C=O) groups excluding carboxylic acids is 1. The van der Waals surface area contributed by atoms with Crippen molar-refractivity contribution in [2.75, 3.05) is 0 Å². The van der Waals surface area contributed by atoms with Crippen LogP contribution in [0, 0.1) is 0 Å². The van der Waals surface area contributed by atoms with E-state index in [0.29, 0.717) is 5.70 Å². The molecule has 0 atom stereocenters. The normalized spacial score (nSPS) is 13.1. The lowest BCUT2D eigenvalue weighted by Crippen LogP contribution is -2.33. The number of nitrogens with one attached hydrogen (secondary N) is 2. The van der Waals surface area contributed by atoms with Crippen molar-refractivity contribution in [3.63, 3.8) is 0 Å². The van der Waals surface area contributed by atoms with Crippen LogP contribution in [0.3, 0.4) is 0 Å². The largest absolute Gasteiger partial charge is 0.323 e. The molecular weight excluding hydrogens is 224 g/mol. The van der Waals surface area contributed by atoms with Gasteiger partial charge in [0.2, 0.25) is 0 Å². The minimum Gasteiger partial charge on any atom is -0.312 e. The Morgan fingerprint density at radius 1 is 1.44 bits per heavy atom. The highest BCUT2D eigenvalue weighted by atomic mass is 16.2. The van der Waals surface area contributed by atoms with Gasteiger partial charge in [0, 0.05) is 11.4 Å². The first-order chi connectivity index (χ1) is 8.72. The Morgan fingerprint density at radius 3 is 2.72 bits per heavy atom. The molecule has 0 aromatic carbocycles. The Balaban J connectivity index is 0.00000137. The number of urea groups is 1. The smallest absolute Gasteiger partial charge is 0.312 e. The fourth-order valence-electron chi connectivity index (χ4n) is 1.26. The highest BCUT2D eigenvalue weighted by molar-refractivity contribution is 5.78. The van der Waals surface area contributed by atoms with Gasteiger partial charge in [0.1, 0.15) is 0 Å². The average molecular weight is 246 g/mol. The van der Waals surface area contributed by atoms with E-state index in [9.17, 15) is 4.79 Å². The molecule has 1 aliphatic rings. The number of allylic oxidation sites excluding steroid dienone is 7. The second kappa shape index (κ2) is 10.1. The lowest BCUT2D eigenvalue weighted by Gasteiger charge is -2.11. The van der Waals surface area contributed by atoms with Crippen LogP contribution < -0.4 is 10.6 Å². The predicted molar refractivity (Wildman–Crippen MR) is 77.9 cm³/mol. The Kier molecular flexibility index (Phi) is 9.00. The molecule has 3 heteroatoms. The second-order valence-corrected chi connectivity index (χ2v) is 3.36. The van der Waals surface area contributed by atoms with E-state index in [2.05, 4.69) is 29.9 Å². The minimum absolute atomic E-state index is 0.264. The zero-order chi connectivity index (χ0) is 13.8. The number of hydrogen-bond donors (Lipinski definition) is 2. The van der Waals surface area contributed by atoms with Gasteiger partial charge in [0.25, 0.3) is 0 Å². The summed E-state index contributed by atoms with van der Waals surface area (Å²) in [6.07, 6.45) is 12.7. The molecule has 0 spiro atoms. The lowest BCUT2D eigenvalue weighted by atomic mass is 10.1. The molecule has 98 valence electrons. The van der Waals surface area contributed by atoms with Gasteiger partial charge >= 0.3 is 6.03 Å². The average Bonchev–Trinajstić information content (AvgIpc) is 2.39. The van der Waals surface area contributed by atoms with Crippen LogP contribution in [0.15, 0.2) is 61.0 Å². The summed E-state index contributed by atoms with van der Waals surface area (Å²) in [5, 5.41) is 5.38. The van der Waals surface area contributed by atoms with E-state index in [1.807, 2.05) is 26.0 Å². The molecule has 18 heavy (non-hydrogen) atoms. The molecule has 2 N–H and O–H groups in total. The second-order valence-electron chi connectivity index (χ2n) is 3.36. The zero-order valence-electron chi connectivity index (χ0n) is 11.2. The summed E-state index contributed by atoms with van der Waals surface area (Å²) in [6.45, 7) is 11.2. The van der Waals surface area contributed by atoms with Gasteiger partial charge in [-0.2, -0.15) is 0 Å². The molecule has 1 aliphatic carbocycles. The molecule has 0 aromatic heterocycles. The Labute approximate surface area is 110 Å². The van der Waals surface area contributed by atoms with Crippen molar-refractivity contribution in [1.82, 2.24) is 10.6 Å². The number of carbonyl (C=O) groups is 1. The Hall–Kier alpha value is -2.03. The van der Waals surface area contributed by atoms with Crippen LogP contribution in [0.4, 0.5) is 4.79 Å². The molecule has 0 unspecified atom stereocenters. The fourth-order valence-corrected chi connectivity index (χ4v) is 1.26. The van der Waals surface area contributed by atoms with Crippen molar-refractivity contribution in [3.05, 3.63) is 61.0 Å². The van der Waals surface area contributed by atoms with E-state index in [0.717, 1.165) is 18.5 Å². The third-order valence-electron chi connectivity index (χ3n) is 2.00. The van der Waals surface area contributed by atoms with Gasteiger partial charge in [-0.15, -0.1) is 0 Å². The minimum atomic E-state index is -0.264. The summed E-state index contributed by atoms with van der Waals surface area (Å²) >= 11 is 0. The van der Waals surface area contributed by atoms with Crippen molar-refractivity contribution in [3.8, 4) is 0 Å². The summed E-state index contributed by atoms with van der Waals surface area (Å²) < 4.78 is 0. The molecule has 0 saturated heterocycles. The van der Waals surface area contributed by atoms with Crippen molar-refractivity contribution >= 4 is 6.03 Å². The third-order valence-corrected chi connectivity index (χ3v) is 2.00. The standard InChI is InChI=1S/C13H16N2O.C2H6/c1-3-4-8-11(2)14-13(16)15-12-9-6-5-7-10-12;1-2/h3-6,8-9H,1-2,7,10H2,(H2,14,15,16);1-2H3/b8-4-;. The maximum atomic E-state index is 11.5. The van der Waals surface area contributed by atoms with Crippen LogP contribution in [-0.4, -0.2) is 6.03 Å². The van der Waals surface area contributed by atoms with Gasteiger partial charge in [-0.1, -0.05) is 51.3 Å². The van der Waals surface area contributed by atoms with E-state index in [-0.39, 0.29) is 6.03 Å². The molecular formula is C15H22N2O. The number of hydrogen-bond acceptors (Lipinski definition) is 1. The monoisotopic (exact) mass is 246 g/mol. The maximum Gasteiger partial charge on any atom is 0.323 e. The molecule has 1 rings (SSSR count). The van der Waals surface area contributed by atoms with Crippen LogP contribution >= 0.6 is 0 Å².